The third-order valence-electron chi connectivity index (χ3n) is 1.31. The van der Waals surface area contributed by atoms with Crippen LogP contribution in [0.2, 0.25) is 0 Å². The molecule has 0 fully saturated rings. The molecule has 1 rings (SSSR count). The van der Waals surface area contributed by atoms with E-state index < -0.39 is 0 Å². The lowest BCUT2D eigenvalue weighted by molar-refractivity contribution is 0.269. The molecule has 0 saturated carbocycles. The molecule has 0 aliphatic heterocycles. The Hall–Kier alpha value is -1.05. The minimum absolute atomic E-state index is 0.285. The lowest BCUT2D eigenvalue weighted by Gasteiger charge is -2.07. The summed E-state index contributed by atoms with van der Waals surface area (Å²) in [6.07, 6.45) is 0. The molecular formula is C10H12FO. The summed E-state index contributed by atoms with van der Waals surface area (Å²) < 4.78 is 17.8. The van der Waals surface area contributed by atoms with Crippen molar-refractivity contribution in [1.29, 1.82) is 0 Å². The van der Waals surface area contributed by atoms with Crippen molar-refractivity contribution in [3.63, 3.8) is 0 Å². The van der Waals surface area contributed by atoms with Gasteiger partial charge in [-0.25, -0.2) is 4.39 Å². The van der Waals surface area contributed by atoms with Crippen molar-refractivity contribution in [3.05, 3.63) is 30.1 Å². The molecule has 1 radical (unpaired) electrons. The third kappa shape index (κ3) is 2.91. The third-order valence-corrected chi connectivity index (χ3v) is 1.31. The topological polar surface area (TPSA) is 9.23 Å². The largest absolute Gasteiger partial charge is 0.493 e. The van der Waals surface area contributed by atoms with Gasteiger partial charge < -0.3 is 4.74 Å². The average Bonchev–Trinajstić information content (AvgIpc) is 2.01. The first-order valence-corrected chi connectivity index (χ1v) is 3.98. The molecule has 1 nitrogen and oxygen atoms in total. The summed E-state index contributed by atoms with van der Waals surface area (Å²) >= 11 is 0. The van der Waals surface area contributed by atoms with Gasteiger partial charge in [0.2, 0.25) is 0 Å². The molecule has 12 heavy (non-hydrogen) atoms. The summed E-state index contributed by atoms with van der Waals surface area (Å²) in [6, 6.07) is 7.01. The second-order valence-electron chi connectivity index (χ2n) is 3.08. The van der Waals surface area contributed by atoms with Crippen molar-refractivity contribution in [2.45, 2.75) is 13.8 Å². The molecule has 2 heteroatoms. The Bertz CT molecular complexity index is 245. The summed E-state index contributed by atoms with van der Waals surface area (Å²) in [5, 5.41) is 0. The van der Waals surface area contributed by atoms with E-state index in [-0.39, 0.29) is 5.82 Å². The van der Waals surface area contributed by atoms with Crippen LogP contribution >= 0.6 is 0 Å². The maximum Gasteiger partial charge on any atom is 0.130 e. The van der Waals surface area contributed by atoms with Crippen LogP contribution in [0.15, 0.2) is 18.2 Å². The van der Waals surface area contributed by atoms with E-state index >= 15 is 0 Å². The summed E-state index contributed by atoms with van der Waals surface area (Å²) in [5.41, 5.74) is 0. The number of ether oxygens (including phenoxy) is 1. The minimum atomic E-state index is -0.285. The van der Waals surface area contributed by atoms with Gasteiger partial charge in [-0.2, -0.15) is 0 Å². The van der Waals surface area contributed by atoms with Crippen molar-refractivity contribution < 1.29 is 9.13 Å². The summed E-state index contributed by atoms with van der Waals surface area (Å²) in [4.78, 5) is 0. The van der Waals surface area contributed by atoms with Crippen LogP contribution in [0.1, 0.15) is 13.8 Å². The van der Waals surface area contributed by atoms with E-state index in [0.717, 1.165) is 0 Å². The lowest BCUT2D eigenvalue weighted by atomic mass is 10.2. The smallest absolute Gasteiger partial charge is 0.130 e. The fraction of sp³-hybridized carbons (Fsp3) is 0.400. The summed E-state index contributed by atoms with van der Waals surface area (Å²) in [6.45, 7) is 4.68. The molecule has 0 bridgehead atoms. The Morgan fingerprint density at radius 2 is 2.33 bits per heavy atom. The molecule has 0 heterocycles. The second-order valence-corrected chi connectivity index (χ2v) is 3.08. The zero-order valence-corrected chi connectivity index (χ0v) is 7.30. The molecule has 0 spiro atoms. The van der Waals surface area contributed by atoms with Crippen LogP contribution in [-0.2, 0) is 0 Å². The molecule has 0 aliphatic carbocycles. The summed E-state index contributed by atoms with van der Waals surface area (Å²) in [7, 11) is 0. The van der Waals surface area contributed by atoms with E-state index in [9.17, 15) is 4.39 Å². The number of benzene rings is 1. The van der Waals surface area contributed by atoms with E-state index in [1.54, 1.807) is 0 Å². The highest BCUT2D eigenvalue weighted by molar-refractivity contribution is 5.20. The highest BCUT2D eigenvalue weighted by Gasteiger charge is 1.97. The maximum atomic E-state index is 12.6. The van der Waals surface area contributed by atoms with E-state index in [1.807, 2.05) is 13.8 Å². The van der Waals surface area contributed by atoms with Crippen LogP contribution in [0, 0.1) is 17.8 Å². The van der Waals surface area contributed by atoms with Gasteiger partial charge in [-0.15, -0.1) is 0 Å². The Kier molecular flexibility index (Phi) is 3.09. The fourth-order valence-electron chi connectivity index (χ4n) is 0.758. The molecule has 0 aliphatic rings. The van der Waals surface area contributed by atoms with Gasteiger partial charge in [0.25, 0.3) is 0 Å². The number of halogens is 1. The molecule has 0 saturated heterocycles. The van der Waals surface area contributed by atoms with Crippen molar-refractivity contribution in [3.8, 4) is 5.75 Å². The van der Waals surface area contributed by atoms with Crippen LogP contribution in [0.5, 0.6) is 5.75 Å². The molecule has 0 N–H and O–H groups in total. The average molecular weight is 167 g/mol. The van der Waals surface area contributed by atoms with Gasteiger partial charge in [0.05, 0.1) is 6.61 Å². The van der Waals surface area contributed by atoms with E-state index in [2.05, 4.69) is 6.07 Å². The van der Waals surface area contributed by atoms with E-state index in [0.29, 0.717) is 18.3 Å². The molecular weight excluding hydrogens is 155 g/mol. The molecule has 65 valence electrons. The SMILES string of the molecule is CC(C)COc1[c]ccc(F)c1. The van der Waals surface area contributed by atoms with Crippen molar-refractivity contribution in [2.75, 3.05) is 6.61 Å². The Labute approximate surface area is 72.2 Å². The van der Waals surface area contributed by atoms with Gasteiger partial charge in [-0.05, 0) is 18.1 Å². The van der Waals surface area contributed by atoms with Gasteiger partial charge in [0.1, 0.15) is 11.6 Å². The van der Waals surface area contributed by atoms with Crippen molar-refractivity contribution in [2.24, 2.45) is 5.92 Å². The van der Waals surface area contributed by atoms with Crippen LogP contribution in [0.25, 0.3) is 0 Å². The fourth-order valence-corrected chi connectivity index (χ4v) is 0.758. The van der Waals surface area contributed by atoms with Gasteiger partial charge >= 0.3 is 0 Å². The van der Waals surface area contributed by atoms with Crippen LogP contribution < -0.4 is 4.74 Å². The number of hydrogen-bond acceptors (Lipinski definition) is 1. The normalized spacial score (nSPS) is 10.3. The predicted molar refractivity (Wildman–Crippen MR) is 45.6 cm³/mol. The van der Waals surface area contributed by atoms with Gasteiger partial charge in [-0.3, -0.25) is 0 Å². The second kappa shape index (κ2) is 4.10. The zero-order chi connectivity index (χ0) is 8.97. The molecule has 0 amide bonds. The van der Waals surface area contributed by atoms with Crippen LogP contribution in [0.4, 0.5) is 4.39 Å². The number of hydrogen-bond donors (Lipinski definition) is 0. The predicted octanol–water partition coefficient (Wildman–Crippen LogP) is 2.66. The monoisotopic (exact) mass is 167 g/mol. The first-order chi connectivity index (χ1) is 5.68. The Balaban J connectivity index is 2.52. The van der Waals surface area contributed by atoms with Crippen molar-refractivity contribution >= 4 is 0 Å². The molecule has 1 aromatic carbocycles. The molecule has 0 atom stereocenters. The maximum absolute atomic E-state index is 12.6. The first kappa shape index (κ1) is 9.04. The van der Waals surface area contributed by atoms with Crippen LogP contribution in [0.3, 0.4) is 0 Å². The highest BCUT2D eigenvalue weighted by atomic mass is 19.1. The zero-order valence-electron chi connectivity index (χ0n) is 7.30. The number of rotatable bonds is 3. The lowest BCUT2D eigenvalue weighted by Crippen LogP contribution is -2.04. The highest BCUT2D eigenvalue weighted by Crippen LogP contribution is 2.11. The Morgan fingerprint density at radius 1 is 1.58 bits per heavy atom. The van der Waals surface area contributed by atoms with Gasteiger partial charge in [0, 0.05) is 12.1 Å². The Morgan fingerprint density at radius 3 is 2.92 bits per heavy atom. The molecule has 1 aromatic rings. The molecule has 0 unspecified atom stereocenters. The van der Waals surface area contributed by atoms with Gasteiger partial charge in [-0.1, -0.05) is 13.8 Å². The molecule has 0 aromatic heterocycles. The minimum Gasteiger partial charge on any atom is -0.493 e. The van der Waals surface area contributed by atoms with Crippen LogP contribution in [-0.4, -0.2) is 6.61 Å². The summed E-state index contributed by atoms with van der Waals surface area (Å²) in [5.74, 6) is 0.637. The first-order valence-electron chi connectivity index (χ1n) is 3.98. The van der Waals surface area contributed by atoms with Gasteiger partial charge in [0.15, 0.2) is 0 Å². The standard InChI is InChI=1S/C10H12FO/c1-8(2)7-12-10-5-3-4-9(11)6-10/h3-4,6,8H,7H2,1-2H3. The van der Waals surface area contributed by atoms with E-state index in [1.165, 1.54) is 18.2 Å². The quantitative estimate of drug-likeness (QED) is 0.672. The van der Waals surface area contributed by atoms with Crippen molar-refractivity contribution in [1.82, 2.24) is 0 Å². The van der Waals surface area contributed by atoms with E-state index in [4.69, 9.17) is 4.74 Å².